The molecule has 1 aliphatic rings. The molecule has 0 amide bonds. The molecule has 18 heavy (non-hydrogen) atoms. The largest absolute Gasteiger partial charge is 0.409 e. The first-order chi connectivity index (χ1) is 8.63. The van der Waals surface area contributed by atoms with Gasteiger partial charge in [-0.2, -0.15) is 5.10 Å². The maximum absolute atomic E-state index is 8.58. The third kappa shape index (κ3) is 3.46. The fourth-order valence-electron chi connectivity index (χ4n) is 2.20. The Balaban J connectivity index is 1.66. The van der Waals surface area contributed by atoms with E-state index >= 15 is 0 Å². The van der Waals surface area contributed by atoms with E-state index in [0.717, 1.165) is 32.4 Å². The second-order valence-electron chi connectivity index (χ2n) is 5.22. The second kappa shape index (κ2) is 5.39. The number of amidine groups is 1. The number of nitrogens with two attached hydrogens (primary N) is 1. The van der Waals surface area contributed by atoms with Gasteiger partial charge in [-0.1, -0.05) is 5.16 Å². The molecule has 0 aromatic carbocycles. The van der Waals surface area contributed by atoms with Crippen molar-refractivity contribution >= 4 is 5.84 Å². The van der Waals surface area contributed by atoms with Gasteiger partial charge in [0.2, 0.25) is 0 Å². The highest BCUT2D eigenvalue weighted by molar-refractivity contribution is 5.80. The number of hydrogen-bond acceptors (Lipinski definition) is 4. The van der Waals surface area contributed by atoms with Crippen molar-refractivity contribution < 1.29 is 5.21 Å². The molecule has 1 saturated carbocycles. The van der Waals surface area contributed by atoms with Crippen molar-refractivity contribution in [3.63, 3.8) is 0 Å². The Hall–Kier alpha value is -1.56. The minimum absolute atomic E-state index is 0.227. The van der Waals surface area contributed by atoms with E-state index < -0.39 is 0 Å². The second-order valence-corrected chi connectivity index (χ2v) is 5.22. The first-order valence-electron chi connectivity index (χ1n) is 6.28. The molecular formula is C12H21N5O. The van der Waals surface area contributed by atoms with E-state index in [2.05, 4.69) is 15.6 Å². The molecule has 1 aliphatic carbocycles. The first kappa shape index (κ1) is 12.9. The van der Waals surface area contributed by atoms with Gasteiger partial charge in [-0.15, -0.1) is 0 Å². The van der Waals surface area contributed by atoms with Gasteiger partial charge in [-0.05, 0) is 36.8 Å². The molecule has 0 radical (unpaired) electrons. The summed E-state index contributed by atoms with van der Waals surface area (Å²) in [6, 6.07) is 0. The van der Waals surface area contributed by atoms with Gasteiger partial charge in [0, 0.05) is 26.2 Å². The topological polar surface area (TPSA) is 88.5 Å². The normalized spacial score (nSPS) is 17.9. The van der Waals surface area contributed by atoms with Crippen LogP contribution in [0.3, 0.4) is 0 Å². The van der Waals surface area contributed by atoms with Gasteiger partial charge < -0.3 is 16.3 Å². The van der Waals surface area contributed by atoms with Crippen molar-refractivity contribution in [2.24, 2.45) is 23.4 Å². The summed E-state index contributed by atoms with van der Waals surface area (Å²) in [7, 11) is 1.92. The minimum atomic E-state index is 0.227. The van der Waals surface area contributed by atoms with E-state index in [9.17, 15) is 0 Å². The molecule has 0 spiro atoms. The fraction of sp³-hybridized carbons (Fsp3) is 0.667. The van der Waals surface area contributed by atoms with Crippen LogP contribution in [-0.4, -0.2) is 33.9 Å². The smallest absolute Gasteiger partial charge is 0.139 e. The number of nitrogens with one attached hydrogen (secondary N) is 1. The van der Waals surface area contributed by atoms with Crippen molar-refractivity contribution in [3.8, 4) is 0 Å². The van der Waals surface area contributed by atoms with Crippen molar-refractivity contribution in [1.29, 1.82) is 0 Å². The van der Waals surface area contributed by atoms with Gasteiger partial charge in [-0.25, -0.2) is 0 Å². The standard InChI is InChI=1S/C12H21N5O/c1-17-8-10(7-15-17)2-5-14-9-12(3-4-12)6-11(13)16-18/h7-8,14,18H,2-6,9H2,1H3,(H2,13,16). The van der Waals surface area contributed by atoms with Crippen LogP contribution in [0.2, 0.25) is 0 Å². The average molecular weight is 251 g/mol. The van der Waals surface area contributed by atoms with Gasteiger partial charge in [0.25, 0.3) is 0 Å². The van der Waals surface area contributed by atoms with Crippen molar-refractivity contribution in [1.82, 2.24) is 15.1 Å². The molecule has 1 fully saturated rings. The summed E-state index contributed by atoms with van der Waals surface area (Å²) >= 11 is 0. The molecular weight excluding hydrogens is 230 g/mol. The molecule has 1 aromatic rings. The lowest BCUT2D eigenvalue weighted by atomic mass is 10.0. The average Bonchev–Trinajstić information content (AvgIpc) is 2.98. The summed E-state index contributed by atoms with van der Waals surface area (Å²) in [4.78, 5) is 0. The van der Waals surface area contributed by atoms with Crippen LogP contribution >= 0.6 is 0 Å². The Labute approximate surface area is 107 Å². The maximum Gasteiger partial charge on any atom is 0.139 e. The predicted molar refractivity (Wildman–Crippen MR) is 69.5 cm³/mol. The number of aromatic nitrogens is 2. The van der Waals surface area contributed by atoms with Crippen molar-refractivity contribution in [3.05, 3.63) is 18.0 Å². The lowest BCUT2D eigenvalue weighted by molar-refractivity contribution is 0.314. The van der Waals surface area contributed by atoms with E-state index in [4.69, 9.17) is 10.9 Å². The minimum Gasteiger partial charge on any atom is -0.409 e. The highest BCUT2D eigenvalue weighted by atomic mass is 16.4. The highest BCUT2D eigenvalue weighted by Crippen LogP contribution is 2.48. The molecule has 0 bridgehead atoms. The summed E-state index contributed by atoms with van der Waals surface area (Å²) in [6.45, 7) is 1.87. The SMILES string of the molecule is Cn1cc(CCNCC2(C/C(N)=N/O)CC2)cn1. The zero-order valence-corrected chi connectivity index (χ0v) is 10.8. The molecule has 0 atom stereocenters. The van der Waals surface area contributed by atoms with E-state index in [0.29, 0.717) is 12.3 Å². The molecule has 1 heterocycles. The predicted octanol–water partition coefficient (Wildman–Crippen LogP) is 0.469. The fourth-order valence-corrected chi connectivity index (χ4v) is 2.20. The van der Waals surface area contributed by atoms with Crippen LogP contribution in [0.25, 0.3) is 0 Å². The van der Waals surface area contributed by atoms with Gasteiger partial charge >= 0.3 is 0 Å². The Morgan fingerprint density at radius 2 is 2.44 bits per heavy atom. The lowest BCUT2D eigenvalue weighted by Gasteiger charge is -2.14. The van der Waals surface area contributed by atoms with Crippen LogP contribution in [0.4, 0.5) is 0 Å². The van der Waals surface area contributed by atoms with Crippen LogP contribution < -0.4 is 11.1 Å². The molecule has 6 nitrogen and oxygen atoms in total. The molecule has 100 valence electrons. The Morgan fingerprint density at radius 3 is 3.00 bits per heavy atom. The van der Waals surface area contributed by atoms with Crippen LogP contribution in [0.15, 0.2) is 17.5 Å². The third-order valence-corrected chi connectivity index (χ3v) is 3.49. The van der Waals surface area contributed by atoms with Crippen molar-refractivity contribution in [2.45, 2.75) is 25.7 Å². The van der Waals surface area contributed by atoms with Crippen LogP contribution in [0, 0.1) is 5.41 Å². The number of aryl methyl sites for hydroxylation is 1. The molecule has 0 aliphatic heterocycles. The van der Waals surface area contributed by atoms with Gasteiger partial charge in [0.15, 0.2) is 0 Å². The summed E-state index contributed by atoms with van der Waals surface area (Å²) in [6.07, 6.45) is 7.90. The number of nitrogens with zero attached hydrogens (tertiary/aromatic N) is 3. The van der Waals surface area contributed by atoms with Gasteiger partial charge in [0.1, 0.15) is 5.84 Å². The van der Waals surface area contributed by atoms with E-state index in [1.165, 1.54) is 5.56 Å². The first-order valence-corrected chi connectivity index (χ1v) is 6.28. The van der Waals surface area contributed by atoms with Crippen LogP contribution in [0.5, 0.6) is 0 Å². The molecule has 0 saturated heterocycles. The monoisotopic (exact) mass is 251 g/mol. The Bertz CT molecular complexity index is 422. The van der Waals surface area contributed by atoms with Crippen molar-refractivity contribution in [2.75, 3.05) is 13.1 Å². The summed E-state index contributed by atoms with van der Waals surface area (Å²) in [5, 5.41) is 19.2. The number of hydrogen-bond donors (Lipinski definition) is 3. The van der Waals surface area contributed by atoms with E-state index in [1.807, 2.05) is 24.1 Å². The molecule has 2 rings (SSSR count). The Morgan fingerprint density at radius 1 is 1.67 bits per heavy atom. The lowest BCUT2D eigenvalue weighted by Crippen LogP contribution is -2.29. The Kier molecular flexibility index (Phi) is 3.86. The van der Waals surface area contributed by atoms with Crippen LogP contribution in [-0.2, 0) is 13.5 Å². The molecule has 6 heteroatoms. The van der Waals surface area contributed by atoms with E-state index in [-0.39, 0.29) is 5.41 Å². The highest BCUT2D eigenvalue weighted by Gasteiger charge is 2.42. The van der Waals surface area contributed by atoms with Gasteiger partial charge in [0.05, 0.1) is 6.20 Å². The zero-order chi connectivity index (χ0) is 13.0. The van der Waals surface area contributed by atoms with E-state index in [1.54, 1.807) is 0 Å². The molecule has 0 unspecified atom stereocenters. The summed E-state index contributed by atoms with van der Waals surface area (Å²) < 4.78 is 1.82. The number of oxime groups is 1. The third-order valence-electron chi connectivity index (χ3n) is 3.49. The number of rotatable bonds is 7. The zero-order valence-electron chi connectivity index (χ0n) is 10.8. The maximum atomic E-state index is 8.58. The van der Waals surface area contributed by atoms with Gasteiger partial charge in [-0.3, -0.25) is 4.68 Å². The van der Waals surface area contributed by atoms with Crippen LogP contribution in [0.1, 0.15) is 24.8 Å². The molecule has 4 N–H and O–H groups in total. The quantitative estimate of drug-likeness (QED) is 0.216. The summed E-state index contributed by atoms with van der Waals surface area (Å²) in [5.41, 5.74) is 7.03. The summed E-state index contributed by atoms with van der Waals surface area (Å²) in [5.74, 6) is 0.335. The molecule has 1 aromatic heterocycles.